The van der Waals surface area contributed by atoms with Gasteiger partial charge in [-0.15, -0.1) is 0 Å². The summed E-state index contributed by atoms with van der Waals surface area (Å²) in [6.45, 7) is 2.21. The van der Waals surface area contributed by atoms with E-state index >= 15 is 0 Å². The number of hydrogen-bond acceptors (Lipinski definition) is 4. The van der Waals surface area contributed by atoms with Gasteiger partial charge in [0, 0.05) is 23.0 Å². The molecule has 1 aromatic carbocycles. The number of rotatable bonds is 4. The molecule has 122 valence electrons. The summed E-state index contributed by atoms with van der Waals surface area (Å²) in [4.78, 5) is 14.7. The summed E-state index contributed by atoms with van der Waals surface area (Å²) in [7, 11) is -1.24. The lowest BCUT2D eigenvalue weighted by molar-refractivity contribution is 0.0282. The molecule has 2 aromatic rings. The first-order valence-corrected chi connectivity index (χ1v) is 8.93. The van der Waals surface area contributed by atoms with Gasteiger partial charge in [-0.1, -0.05) is 11.6 Å². The highest BCUT2D eigenvalue weighted by Crippen LogP contribution is 2.18. The van der Waals surface area contributed by atoms with Gasteiger partial charge in [-0.25, -0.2) is 0 Å². The summed E-state index contributed by atoms with van der Waals surface area (Å²) in [5.74, 6) is 0.861. The summed E-state index contributed by atoms with van der Waals surface area (Å²) in [5.41, 5.74) is 0. The average Bonchev–Trinajstić information content (AvgIpc) is 3.04. The molecule has 1 aliphatic heterocycles. The van der Waals surface area contributed by atoms with E-state index in [1.54, 1.807) is 41.3 Å². The minimum Gasteiger partial charge on any atom is -0.455 e. The smallest absolute Gasteiger partial charge is 0.289 e. The van der Waals surface area contributed by atoms with Crippen molar-refractivity contribution < 1.29 is 18.2 Å². The Morgan fingerprint density at radius 2 is 1.83 bits per heavy atom. The molecule has 0 N–H and O–H groups in total. The number of amides is 1. The van der Waals surface area contributed by atoms with E-state index in [2.05, 4.69) is 0 Å². The molecule has 1 aromatic heterocycles. The molecule has 0 bridgehead atoms. The van der Waals surface area contributed by atoms with Crippen molar-refractivity contribution in [1.29, 1.82) is 0 Å². The predicted octanol–water partition coefficient (Wildman–Crippen LogP) is 2.71. The van der Waals surface area contributed by atoms with Crippen LogP contribution in [0.15, 0.2) is 45.7 Å². The predicted molar refractivity (Wildman–Crippen MR) is 87.0 cm³/mol. The molecule has 0 aliphatic carbocycles. The standard InChI is InChI=1S/C16H16ClNO4S/c17-12-1-4-14(5-2-12)23(20)11-13-3-6-15(22-13)16(19)18-7-9-21-10-8-18/h1-6H,7-11H2. The van der Waals surface area contributed by atoms with Gasteiger partial charge in [0.1, 0.15) is 5.76 Å². The van der Waals surface area contributed by atoms with E-state index in [1.807, 2.05) is 0 Å². The average molecular weight is 354 g/mol. The van der Waals surface area contributed by atoms with Crippen LogP contribution in [0.2, 0.25) is 5.02 Å². The molecule has 1 fully saturated rings. The fraction of sp³-hybridized carbons (Fsp3) is 0.312. The number of furan rings is 1. The Balaban J connectivity index is 1.65. The van der Waals surface area contributed by atoms with Crippen LogP contribution in [-0.4, -0.2) is 41.3 Å². The van der Waals surface area contributed by atoms with Gasteiger partial charge in [0.25, 0.3) is 5.91 Å². The van der Waals surface area contributed by atoms with Crippen LogP contribution in [0.4, 0.5) is 0 Å². The first kappa shape index (κ1) is 16.2. The second-order valence-electron chi connectivity index (χ2n) is 5.11. The zero-order chi connectivity index (χ0) is 16.2. The van der Waals surface area contributed by atoms with Crippen LogP contribution in [-0.2, 0) is 21.3 Å². The lowest BCUT2D eigenvalue weighted by Crippen LogP contribution is -2.40. The molecule has 0 spiro atoms. The van der Waals surface area contributed by atoms with E-state index in [0.29, 0.717) is 42.0 Å². The van der Waals surface area contributed by atoms with Crippen molar-refractivity contribution in [1.82, 2.24) is 4.90 Å². The Morgan fingerprint density at radius 3 is 2.52 bits per heavy atom. The summed E-state index contributed by atoms with van der Waals surface area (Å²) in [6, 6.07) is 10.2. The topological polar surface area (TPSA) is 59.8 Å². The van der Waals surface area contributed by atoms with Crippen LogP contribution in [0.3, 0.4) is 0 Å². The fourth-order valence-corrected chi connectivity index (χ4v) is 3.44. The van der Waals surface area contributed by atoms with E-state index in [0.717, 1.165) is 0 Å². The summed E-state index contributed by atoms with van der Waals surface area (Å²) in [6.07, 6.45) is 0. The third-order valence-electron chi connectivity index (χ3n) is 3.52. The van der Waals surface area contributed by atoms with Crippen LogP contribution < -0.4 is 0 Å². The van der Waals surface area contributed by atoms with Gasteiger partial charge in [-0.05, 0) is 36.4 Å². The van der Waals surface area contributed by atoms with Crippen molar-refractivity contribution in [3.05, 3.63) is 52.9 Å². The molecule has 2 heterocycles. The van der Waals surface area contributed by atoms with Gasteiger partial charge in [0.15, 0.2) is 5.76 Å². The Morgan fingerprint density at radius 1 is 1.13 bits per heavy atom. The zero-order valence-electron chi connectivity index (χ0n) is 12.4. The molecule has 1 aliphatic rings. The largest absolute Gasteiger partial charge is 0.455 e. The minimum atomic E-state index is -1.24. The SMILES string of the molecule is O=C(c1ccc(CS(=O)c2ccc(Cl)cc2)o1)N1CCOCC1. The van der Waals surface area contributed by atoms with Crippen LogP contribution in [0.25, 0.3) is 0 Å². The molecule has 7 heteroatoms. The zero-order valence-corrected chi connectivity index (χ0v) is 13.9. The van der Waals surface area contributed by atoms with Crippen molar-refractivity contribution in [2.45, 2.75) is 10.6 Å². The third kappa shape index (κ3) is 4.02. The van der Waals surface area contributed by atoms with Gasteiger partial charge >= 0.3 is 0 Å². The first-order valence-electron chi connectivity index (χ1n) is 7.23. The molecular weight excluding hydrogens is 338 g/mol. The van der Waals surface area contributed by atoms with Gasteiger partial charge < -0.3 is 14.1 Å². The normalized spacial score (nSPS) is 16.3. The van der Waals surface area contributed by atoms with E-state index < -0.39 is 10.8 Å². The number of hydrogen-bond donors (Lipinski definition) is 0. The van der Waals surface area contributed by atoms with E-state index in [4.69, 9.17) is 20.8 Å². The maximum atomic E-state index is 12.3. The van der Waals surface area contributed by atoms with Crippen molar-refractivity contribution >= 4 is 28.3 Å². The summed E-state index contributed by atoms with van der Waals surface area (Å²) < 4.78 is 23.1. The van der Waals surface area contributed by atoms with Gasteiger partial charge in [0.2, 0.25) is 0 Å². The monoisotopic (exact) mass is 353 g/mol. The molecular formula is C16H16ClNO4S. The lowest BCUT2D eigenvalue weighted by Gasteiger charge is -2.25. The number of ether oxygens (including phenoxy) is 1. The maximum absolute atomic E-state index is 12.3. The van der Waals surface area contributed by atoms with Crippen molar-refractivity contribution in [2.75, 3.05) is 26.3 Å². The van der Waals surface area contributed by atoms with Crippen LogP contribution >= 0.6 is 11.6 Å². The molecule has 1 unspecified atom stereocenters. The lowest BCUT2D eigenvalue weighted by atomic mass is 10.3. The number of carbonyl (C=O) groups is 1. The Bertz CT molecular complexity index is 707. The highest BCUT2D eigenvalue weighted by molar-refractivity contribution is 7.84. The summed E-state index contributed by atoms with van der Waals surface area (Å²) >= 11 is 5.82. The highest BCUT2D eigenvalue weighted by Gasteiger charge is 2.21. The Hall–Kier alpha value is -1.63. The van der Waals surface area contributed by atoms with Crippen LogP contribution in [0.1, 0.15) is 16.3 Å². The van der Waals surface area contributed by atoms with Crippen molar-refractivity contribution in [3.63, 3.8) is 0 Å². The van der Waals surface area contributed by atoms with Crippen LogP contribution in [0.5, 0.6) is 0 Å². The first-order chi connectivity index (χ1) is 11.1. The molecule has 3 rings (SSSR count). The Labute approximate surface area is 141 Å². The molecule has 1 atom stereocenters. The van der Waals surface area contributed by atoms with Crippen molar-refractivity contribution in [2.24, 2.45) is 0 Å². The molecule has 1 amide bonds. The minimum absolute atomic E-state index is 0.156. The number of morpholine rings is 1. The van der Waals surface area contributed by atoms with Crippen molar-refractivity contribution in [3.8, 4) is 0 Å². The van der Waals surface area contributed by atoms with Gasteiger partial charge in [-0.2, -0.15) is 0 Å². The number of nitrogens with zero attached hydrogens (tertiary/aromatic N) is 1. The van der Waals surface area contributed by atoms with E-state index in [-0.39, 0.29) is 17.4 Å². The number of benzene rings is 1. The van der Waals surface area contributed by atoms with Crippen LogP contribution in [0, 0.1) is 0 Å². The molecule has 23 heavy (non-hydrogen) atoms. The van der Waals surface area contributed by atoms with Gasteiger partial charge in [0.05, 0.1) is 29.8 Å². The second kappa shape index (κ2) is 7.29. The molecule has 0 saturated carbocycles. The molecule has 0 radical (unpaired) electrons. The quantitative estimate of drug-likeness (QED) is 0.848. The highest BCUT2D eigenvalue weighted by atomic mass is 35.5. The molecule has 5 nitrogen and oxygen atoms in total. The Kier molecular flexibility index (Phi) is 5.15. The van der Waals surface area contributed by atoms with E-state index in [9.17, 15) is 9.00 Å². The molecule has 1 saturated heterocycles. The maximum Gasteiger partial charge on any atom is 0.289 e. The number of halogens is 1. The second-order valence-corrected chi connectivity index (χ2v) is 7.00. The van der Waals surface area contributed by atoms with Gasteiger partial charge in [-0.3, -0.25) is 9.00 Å². The van der Waals surface area contributed by atoms with E-state index in [1.165, 1.54) is 0 Å². The summed E-state index contributed by atoms with van der Waals surface area (Å²) in [5, 5.41) is 0.599. The fourth-order valence-electron chi connectivity index (χ4n) is 2.29. The number of carbonyl (C=O) groups excluding carboxylic acids is 1. The third-order valence-corrected chi connectivity index (χ3v) is 5.12.